The quantitative estimate of drug-likeness (QED) is 0.893. The maximum atomic E-state index is 12.8. The van der Waals surface area contributed by atoms with E-state index in [0.717, 1.165) is 0 Å². The molecule has 2 aromatic rings. The largest absolute Gasteiger partial charge is 0.507 e. The molecule has 0 fully saturated rings. The summed E-state index contributed by atoms with van der Waals surface area (Å²) < 4.78 is 25.7. The van der Waals surface area contributed by atoms with E-state index in [1.54, 1.807) is 45.9 Å². The Morgan fingerprint density at radius 1 is 0.762 bits per heavy atom. The number of sulfone groups is 1. The smallest absolute Gasteiger partial charge is 0.210 e. The van der Waals surface area contributed by atoms with Gasteiger partial charge in [0.2, 0.25) is 9.84 Å². The van der Waals surface area contributed by atoms with Crippen molar-refractivity contribution >= 4 is 9.84 Å². The maximum absolute atomic E-state index is 12.8. The highest BCUT2D eigenvalue weighted by Gasteiger charge is 2.27. The summed E-state index contributed by atoms with van der Waals surface area (Å²) in [6, 6.07) is 6.34. The van der Waals surface area contributed by atoms with Crippen LogP contribution in [0.15, 0.2) is 34.1 Å². The van der Waals surface area contributed by atoms with Crippen LogP contribution in [0.2, 0.25) is 0 Å². The molecule has 0 atom stereocenters. The topological polar surface area (TPSA) is 74.6 Å². The second kappa shape index (κ2) is 5.07. The van der Waals surface area contributed by atoms with Crippen molar-refractivity contribution in [3.05, 3.63) is 46.5 Å². The number of aromatic hydroxyl groups is 2. The average Bonchev–Trinajstić information content (AvgIpc) is 2.40. The van der Waals surface area contributed by atoms with Crippen LogP contribution in [-0.4, -0.2) is 18.6 Å². The number of rotatable bonds is 2. The van der Waals surface area contributed by atoms with Gasteiger partial charge in [-0.25, -0.2) is 8.42 Å². The van der Waals surface area contributed by atoms with Crippen molar-refractivity contribution in [2.45, 2.75) is 37.5 Å². The number of aryl methyl sites for hydroxylation is 3. The highest BCUT2D eigenvalue weighted by Crippen LogP contribution is 2.37. The summed E-state index contributed by atoms with van der Waals surface area (Å²) in [6.07, 6.45) is 0. The first-order valence-corrected chi connectivity index (χ1v) is 7.99. The Labute approximate surface area is 124 Å². The standard InChI is InChI=1S/C16H18O4S/c1-9-7-8-13(12(4)14(9)17)21(19,20)16-11(3)6-5-10(2)15(16)18/h5-8,17-18H,1-4H3. The average molecular weight is 306 g/mol. The summed E-state index contributed by atoms with van der Waals surface area (Å²) in [4.78, 5) is -0.0940. The van der Waals surface area contributed by atoms with E-state index in [9.17, 15) is 18.6 Å². The predicted octanol–water partition coefficient (Wildman–Crippen LogP) is 3.16. The molecular formula is C16H18O4S. The van der Waals surface area contributed by atoms with E-state index in [1.807, 2.05) is 0 Å². The normalized spacial score (nSPS) is 11.6. The van der Waals surface area contributed by atoms with Gasteiger partial charge in [-0.05, 0) is 50.5 Å². The molecule has 0 heterocycles. The molecule has 2 rings (SSSR count). The van der Waals surface area contributed by atoms with Crippen molar-refractivity contribution in [1.82, 2.24) is 0 Å². The molecule has 0 radical (unpaired) electrons. The van der Waals surface area contributed by atoms with Crippen molar-refractivity contribution < 1.29 is 18.6 Å². The molecule has 2 N–H and O–H groups in total. The van der Waals surface area contributed by atoms with Gasteiger partial charge in [0.05, 0.1) is 4.90 Å². The lowest BCUT2D eigenvalue weighted by Crippen LogP contribution is -2.07. The SMILES string of the molecule is Cc1ccc(S(=O)(=O)c2c(C)ccc(C)c2O)c(C)c1O. The van der Waals surface area contributed by atoms with Crippen LogP contribution in [0.3, 0.4) is 0 Å². The summed E-state index contributed by atoms with van der Waals surface area (Å²) in [5.41, 5.74) is 1.86. The molecule has 0 unspecified atom stereocenters. The van der Waals surface area contributed by atoms with Crippen molar-refractivity contribution in [2.24, 2.45) is 0 Å². The summed E-state index contributed by atoms with van der Waals surface area (Å²) in [7, 11) is -3.90. The summed E-state index contributed by atoms with van der Waals surface area (Å²) in [5.74, 6) is -0.282. The Bertz CT molecular complexity index is 821. The second-order valence-electron chi connectivity index (χ2n) is 5.23. The van der Waals surface area contributed by atoms with Crippen LogP contribution in [0.25, 0.3) is 0 Å². The first-order valence-electron chi connectivity index (χ1n) is 6.51. The monoisotopic (exact) mass is 306 g/mol. The molecule has 0 aliphatic heterocycles. The Kier molecular flexibility index (Phi) is 3.72. The molecule has 0 aliphatic carbocycles. The van der Waals surface area contributed by atoms with Crippen LogP contribution >= 0.6 is 0 Å². The van der Waals surface area contributed by atoms with Crippen LogP contribution in [0.4, 0.5) is 0 Å². The van der Waals surface area contributed by atoms with Crippen LogP contribution < -0.4 is 0 Å². The van der Waals surface area contributed by atoms with Crippen LogP contribution in [0, 0.1) is 27.7 Å². The molecule has 0 saturated heterocycles. The van der Waals surface area contributed by atoms with E-state index in [-0.39, 0.29) is 26.9 Å². The first kappa shape index (κ1) is 15.4. The Morgan fingerprint density at radius 3 is 1.86 bits per heavy atom. The Hall–Kier alpha value is -2.01. The lowest BCUT2D eigenvalue weighted by molar-refractivity contribution is 0.452. The molecule has 2 aromatic carbocycles. The molecule has 112 valence electrons. The van der Waals surface area contributed by atoms with Gasteiger partial charge in [-0.2, -0.15) is 0 Å². The number of benzene rings is 2. The fourth-order valence-corrected chi connectivity index (χ4v) is 4.20. The highest BCUT2D eigenvalue weighted by molar-refractivity contribution is 7.91. The van der Waals surface area contributed by atoms with Crippen LogP contribution in [-0.2, 0) is 9.84 Å². The lowest BCUT2D eigenvalue weighted by atomic mass is 10.1. The number of hydrogen-bond acceptors (Lipinski definition) is 4. The third-order valence-electron chi connectivity index (χ3n) is 3.67. The minimum atomic E-state index is -3.90. The van der Waals surface area contributed by atoms with E-state index in [1.165, 1.54) is 6.07 Å². The van der Waals surface area contributed by atoms with E-state index in [2.05, 4.69) is 0 Å². The Morgan fingerprint density at radius 2 is 1.24 bits per heavy atom. The molecule has 21 heavy (non-hydrogen) atoms. The molecule has 4 nitrogen and oxygen atoms in total. The molecule has 0 spiro atoms. The van der Waals surface area contributed by atoms with E-state index in [4.69, 9.17) is 0 Å². The Balaban J connectivity index is 2.81. The van der Waals surface area contributed by atoms with Gasteiger partial charge in [-0.15, -0.1) is 0 Å². The molecule has 5 heteroatoms. The number of hydrogen-bond donors (Lipinski definition) is 2. The van der Waals surface area contributed by atoms with E-state index in [0.29, 0.717) is 16.7 Å². The zero-order valence-corrected chi connectivity index (χ0v) is 13.2. The fraction of sp³-hybridized carbons (Fsp3) is 0.250. The van der Waals surface area contributed by atoms with Gasteiger partial charge in [-0.3, -0.25) is 0 Å². The van der Waals surface area contributed by atoms with Crippen molar-refractivity contribution in [3.63, 3.8) is 0 Å². The molecule has 0 aromatic heterocycles. The first-order chi connectivity index (χ1) is 9.67. The zero-order chi connectivity index (χ0) is 15.9. The maximum Gasteiger partial charge on any atom is 0.210 e. The summed E-state index contributed by atoms with van der Waals surface area (Å²) in [6.45, 7) is 6.54. The van der Waals surface area contributed by atoms with E-state index < -0.39 is 9.84 Å². The van der Waals surface area contributed by atoms with Gasteiger partial charge in [0, 0.05) is 5.56 Å². The molecule has 0 bridgehead atoms. The van der Waals surface area contributed by atoms with E-state index >= 15 is 0 Å². The molecule has 0 saturated carbocycles. The van der Waals surface area contributed by atoms with Gasteiger partial charge >= 0.3 is 0 Å². The third kappa shape index (κ3) is 2.38. The molecule has 0 aliphatic rings. The zero-order valence-electron chi connectivity index (χ0n) is 12.4. The molecule has 0 amide bonds. The van der Waals surface area contributed by atoms with Crippen molar-refractivity contribution in [1.29, 1.82) is 0 Å². The number of phenolic OH excluding ortho intramolecular Hbond substituents is 2. The minimum Gasteiger partial charge on any atom is -0.507 e. The van der Waals surface area contributed by atoms with Gasteiger partial charge in [0.1, 0.15) is 16.4 Å². The second-order valence-corrected chi connectivity index (χ2v) is 7.09. The lowest BCUT2D eigenvalue weighted by Gasteiger charge is -2.14. The molecular weight excluding hydrogens is 288 g/mol. The fourth-order valence-electron chi connectivity index (χ4n) is 2.33. The third-order valence-corrected chi connectivity index (χ3v) is 5.75. The van der Waals surface area contributed by atoms with Gasteiger partial charge < -0.3 is 10.2 Å². The van der Waals surface area contributed by atoms with Crippen LogP contribution in [0.5, 0.6) is 11.5 Å². The van der Waals surface area contributed by atoms with Gasteiger partial charge in [0.15, 0.2) is 0 Å². The summed E-state index contributed by atoms with van der Waals surface area (Å²) in [5, 5.41) is 20.1. The predicted molar refractivity (Wildman–Crippen MR) is 80.6 cm³/mol. The van der Waals surface area contributed by atoms with Crippen molar-refractivity contribution in [2.75, 3.05) is 0 Å². The van der Waals surface area contributed by atoms with Gasteiger partial charge in [0.25, 0.3) is 0 Å². The number of phenols is 2. The van der Waals surface area contributed by atoms with Gasteiger partial charge in [-0.1, -0.05) is 18.2 Å². The highest BCUT2D eigenvalue weighted by atomic mass is 32.2. The van der Waals surface area contributed by atoms with Crippen LogP contribution in [0.1, 0.15) is 22.3 Å². The minimum absolute atomic E-state index is 0.00889. The van der Waals surface area contributed by atoms with Crippen molar-refractivity contribution in [3.8, 4) is 11.5 Å². The summed E-state index contributed by atoms with van der Waals surface area (Å²) >= 11 is 0.